The van der Waals surface area contributed by atoms with Gasteiger partial charge in [-0.15, -0.1) is 0 Å². The Labute approximate surface area is 103 Å². The van der Waals surface area contributed by atoms with Crippen molar-refractivity contribution in [1.29, 1.82) is 0 Å². The summed E-state index contributed by atoms with van der Waals surface area (Å²) in [6.07, 6.45) is 3.16. The maximum Gasteiger partial charge on any atom is 0.211 e. The Morgan fingerprint density at radius 3 is 2.82 bits per heavy atom. The molecule has 2 aliphatic heterocycles. The zero-order chi connectivity index (χ0) is 12.5. The molecule has 6 nitrogen and oxygen atoms in total. The Hall–Kier alpha value is -0.820. The van der Waals surface area contributed by atoms with Gasteiger partial charge in [-0.2, -0.15) is 4.31 Å². The third-order valence-electron chi connectivity index (χ3n) is 3.30. The summed E-state index contributed by atoms with van der Waals surface area (Å²) in [5.74, 6) is 0.880. The highest BCUT2D eigenvalue weighted by atomic mass is 32.2. The van der Waals surface area contributed by atoms with E-state index < -0.39 is 10.0 Å². The second kappa shape index (κ2) is 4.81. The molecule has 17 heavy (non-hydrogen) atoms. The highest BCUT2D eigenvalue weighted by Gasteiger charge is 2.31. The van der Waals surface area contributed by atoms with Gasteiger partial charge in [-0.3, -0.25) is 4.99 Å². The standard InChI is InChI=1S/C10H20N4O2S/c1-13-7-5-11-10(13)12-8-9-4-3-6-14(9)17(2,15)16/h9H,3-8H2,1-2H3,(H,11,12)/t9-/m1/s1. The van der Waals surface area contributed by atoms with Crippen LogP contribution in [0.5, 0.6) is 0 Å². The number of nitrogens with zero attached hydrogens (tertiary/aromatic N) is 3. The van der Waals surface area contributed by atoms with E-state index in [0.29, 0.717) is 13.1 Å². The lowest BCUT2D eigenvalue weighted by molar-refractivity contribution is 0.384. The average molecular weight is 260 g/mol. The quantitative estimate of drug-likeness (QED) is 0.729. The number of likely N-dealkylation sites (N-methyl/N-ethyl adjacent to an activating group) is 1. The fourth-order valence-electron chi connectivity index (χ4n) is 2.38. The monoisotopic (exact) mass is 260 g/mol. The normalized spacial score (nSPS) is 26.4. The highest BCUT2D eigenvalue weighted by molar-refractivity contribution is 7.88. The molecule has 1 N–H and O–H groups in total. The van der Waals surface area contributed by atoms with Crippen molar-refractivity contribution in [3.8, 4) is 0 Å². The highest BCUT2D eigenvalue weighted by Crippen LogP contribution is 2.19. The lowest BCUT2D eigenvalue weighted by atomic mass is 10.2. The second-order valence-electron chi connectivity index (χ2n) is 4.68. The molecule has 0 unspecified atom stereocenters. The van der Waals surface area contributed by atoms with Crippen LogP contribution in [0.1, 0.15) is 12.8 Å². The van der Waals surface area contributed by atoms with Crippen molar-refractivity contribution in [2.45, 2.75) is 18.9 Å². The van der Waals surface area contributed by atoms with Gasteiger partial charge in [0.1, 0.15) is 0 Å². The number of hydrogen-bond donors (Lipinski definition) is 1. The molecule has 1 fully saturated rings. The zero-order valence-corrected chi connectivity index (χ0v) is 11.2. The second-order valence-corrected chi connectivity index (χ2v) is 6.61. The van der Waals surface area contributed by atoms with E-state index in [9.17, 15) is 8.42 Å². The van der Waals surface area contributed by atoms with Gasteiger partial charge in [-0.1, -0.05) is 0 Å². The number of guanidine groups is 1. The Bertz CT molecular complexity index is 407. The van der Waals surface area contributed by atoms with Crippen molar-refractivity contribution in [2.75, 3.05) is 39.5 Å². The molecule has 7 heteroatoms. The molecule has 2 heterocycles. The van der Waals surface area contributed by atoms with E-state index in [2.05, 4.69) is 15.2 Å². The van der Waals surface area contributed by atoms with Crippen LogP contribution in [0.15, 0.2) is 4.99 Å². The topological polar surface area (TPSA) is 65.0 Å². The first-order valence-electron chi connectivity index (χ1n) is 5.95. The molecule has 0 aromatic carbocycles. The van der Waals surface area contributed by atoms with Crippen LogP contribution in [0.2, 0.25) is 0 Å². The van der Waals surface area contributed by atoms with Gasteiger partial charge in [-0.05, 0) is 12.8 Å². The Morgan fingerprint density at radius 1 is 1.47 bits per heavy atom. The summed E-state index contributed by atoms with van der Waals surface area (Å²) in [4.78, 5) is 6.38. The number of nitrogens with one attached hydrogen (secondary N) is 1. The van der Waals surface area contributed by atoms with Crippen molar-refractivity contribution >= 4 is 16.0 Å². The van der Waals surface area contributed by atoms with Crippen molar-refractivity contribution < 1.29 is 8.42 Å². The lowest BCUT2D eigenvalue weighted by Crippen LogP contribution is -2.45. The fourth-order valence-corrected chi connectivity index (χ4v) is 3.56. The Morgan fingerprint density at radius 2 is 2.24 bits per heavy atom. The van der Waals surface area contributed by atoms with E-state index in [4.69, 9.17) is 0 Å². The molecule has 1 atom stereocenters. The van der Waals surface area contributed by atoms with Gasteiger partial charge in [0.05, 0.1) is 12.8 Å². The summed E-state index contributed by atoms with van der Waals surface area (Å²) < 4.78 is 24.7. The van der Waals surface area contributed by atoms with Gasteiger partial charge in [-0.25, -0.2) is 8.42 Å². The molecule has 2 rings (SSSR count). The van der Waals surface area contributed by atoms with E-state index in [1.165, 1.54) is 6.26 Å². The van der Waals surface area contributed by atoms with Crippen molar-refractivity contribution in [3.63, 3.8) is 0 Å². The summed E-state index contributed by atoms with van der Waals surface area (Å²) >= 11 is 0. The maximum atomic E-state index is 11.6. The third kappa shape index (κ3) is 2.90. The summed E-state index contributed by atoms with van der Waals surface area (Å²) in [5.41, 5.74) is 0. The minimum Gasteiger partial charge on any atom is -0.355 e. The van der Waals surface area contributed by atoms with Gasteiger partial charge >= 0.3 is 0 Å². The molecule has 2 aliphatic rings. The number of hydrogen-bond acceptors (Lipinski definition) is 5. The smallest absolute Gasteiger partial charge is 0.211 e. The van der Waals surface area contributed by atoms with Crippen LogP contribution in [0.3, 0.4) is 0 Å². The lowest BCUT2D eigenvalue weighted by Gasteiger charge is -2.24. The summed E-state index contributed by atoms with van der Waals surface area (Å²) in [6.45, 7) is 3.05. The molecule has 0 radical (unpaired) electrons. The SMILES string of the molecule is CN1CCN=C1NC[C@H]1CCCN1S(C)(=O)=O. The predicted octanol–water partition coefficient (Wildman–Crippen LogP) is -0.699. The first kappa shape index (κ1) is 12.6. The van der Waals surface area contributed by atoms with Crippen LogP contribution < -0.4 is 5.32 Å². The van der Waals surface area contributed by atoms with Crippen LogP contribution in [0.4, 0.5) is 0 Å². The van der Waals surface area contributed by atoms with Gasteiger partial charge in [0.2, 0.25) is 10.0 Å². The summed E-state index contributed by atoms with van der Waals surface area (Å²) in [5, 5.41) is 3.25. The van der Waals surface area contributed by atoms with Crippen molar-refractivity contribution in [1.82, 2.24) is 14.5 Å². The van der Waals surface area contributed by atoms with Crippen molar-refractivity contribution in [3.05, 3.63) is 0 Å². The van der Waals surface area contributed by atoms with Crippen LogP contribution in [0, 0.1) is 0 Å². The van der Waals surface area contributed by atoms with E-state index >= 15 is 0 Å². The van der Waals surface area contributed by atoms with E-state index in [1.54, 1.807) is 4.31 Å². The molecule has 1 saturated heterocycles. The molecule has 0 aliphatic carbocycles. The molecule has 0 aromatic rings. The minimum absolute atomic E-state index is 0.0710. The molecule has 0 bridgehead atoms. The molecule has 0 amide bonds. The van der Waals surface area contributed by atoms with Gasteiger partial charge < -0.3 is 10.2 Å². The molecule has 0 saturated carbocycles. The first-order chi connectivity index (χ1) is 7.98. The molecule has 0 aromatic heterocycles. The van der Waals surface area contributed by atoms with Gasteiger partial charge in [0, 0.05) is 32.7 Å². The van der Waals surface area contributed by atoms with E-state index in [0.717, 1.165) is 31.9 Å². The summed E-state index contributed by atoms with van der Waals surface area (Å²) in [7, 11) is -1.08. The molecular weight excluding hydrogens is 240 g/mol. The largest absolute Gasteiger partial charge is 0.355 e. The zero-order valence-electron chi connectivity index (χ0n) is 10.4. The number of sulfonamides is 1. The minimum atomic E-state index is -3.07. The van der Waals surface area contributed by atoms with Crippen LogP contribution >= 0.6 is 0 Å². The van der Waals surface area contributed by atoms with E-state index in [-0.39, 0.29) is 6.04 Å². The predicted molar refractivity (Wildman–Crippen MR) is 67.5 cm³/mol. The molecule has 98 valence electrons. The Balaban J connectivity index is 1.91. The fraction of sp³-hybridized carbons (Fsp3) is 0.900. The van der Waals surface area contributed by atoms with Crippen LogP contribution in [-0.2, 0) is 10.0 Å². The van der Waals surface area contributed by atoms with E-state index in [1.807, 2.05) is 7.05 Å². The van der Waals surface area contributed by atoms with Gasteiger partial charge in [0.15, 0.2) is 5.96 Å². The summed E-state index contributed by atoms with van der Waals surface area (Å²) in [6, 6.07) is 0.0710. The van der Waals surface area contributed by atoms with Crippen LogP contribution in [-0.4, -0.2) is 69.1 Å². The maximum absolute atomic E-state index is 11.6. The third-order valence-corrected chi connectivity index (χ3v) is 4.64. The average Bonchev–Trinajstić information content (AvgIpc) is 2.82. The molecule has 0 spiro atoms. The number of aliphatic imine (C=N–C) groups is 1. The van der Waals surface area contributed by atoms with Gasteiger partial charge in [0.25, 0.3) is 0 Å². The number of rotatable bonds is 3. The van der Waals surface area contributed by atoms with Crippen LogP contribution in [0.25, 0.3) is 0 Å². The Kier molecular flexibility index (Phi) is 3.58. The first-order valence-corrected chi connectivity index (χ1v) is 7.79. The van der Waals surface area contributed by atoms with Crippen molar-refractivity contribution in [2.24, 2.45) is 4.99 Å². The molecular formula is C10H20N4O2S.